The van der Waals surface area contributed by atoms with Gasteiger partial charge in [-0.25, -0.2) is 0 Å². The SMILES string of the molecule is COc1cc(Cl)ccc1CNC(=O)C1CC1C(=O)O. The van der Waals surface area contributed by atoms with E-state index in [0.717, 1.165) is 5.56 Å². The number of methoxy groups -OCH3 is 1. The Kier molecular flexibility index (Phi) is 3.95. The second-order valence-electron chi connectivity index (χ2n) is 4.46. The number of carboxylic acids is 1. The summed E-state index contributed by atoms with van der Waals surface area (Å²) in [6.07, 6.45) is 0.416. The number of amides is 1. The van der Waals surface area contributed by atoms with Crippen molar-refractivity contribution in [3.05, 3.63) is 28.8 Å². The van der Waals surface area contributed by atoms with Crippen molar-refractivity contribution >= 4 is 23.5 Å². The molecule has 0 saturated heterocycles. The Morgan fingerprint density at radius 1 is 1.47 bits per heavy atom. The maximum absolute atomic E-state index is 11.7. The van der Waals surface area contributed by atoms with E-state index in [2.05, 4.69) is 5.32 Å². The van der Waals surface area contributed by atoms with E-state index in [-0.39, 0.29) is 5.91 Å². The molecule has 0 aliphatic heterocycles. The lowest BCUT2D eigenvalue weighted by Gasteiger charge is -2.10. The summed E-state index contributed by atoms with van der Waals surface area (Å²) < 4.78 is 5.16. The highest BCUT2D eigenvalue weighted by Crippen LogP contribution is 2.38. The minimum absolute atomic E-state index is 0.232. The van der Waals surface area contributed by atoms with Gasteiger partial charge in [0, 0.05) is 17.1 Å². The van der Waals surface area contributed by atoms with E-state index in [0.29, 0.717) is 23.7 Å². The van der Waals surface area contributed by atoms with Crippen LogP contribution in [-0.4, -0.2) is 24.1 Å². The van der Waals surface area contributed by atoms with Gasteiger partial charge in [-0.2, -0.15) is 0 Å². The quantitative estimate of drug-likeness (QED) is 0.862. The third-order valence-corrected chi connectivity index (χ3v) is 3.38. The van der Waals surface area contributed by atoms with Crippen LogP contribution in [-0.2, 0) is 16.1 Å². The zero-order valence-electron chi connectivity index (χ0n) is 10.4. The molecule has 0 radical (unpaired) electrons. The van der Waals surface area contributed by atoms with Crippen LogP contribution in [0.15, 0.2) is 18.2 Å². The maximum Gasteiger partial charge on any atom is 0.307 e. The van der Waals surface area contributed by atoms with Gasteiger partial charge in [0.2, 0.25) is 5.91 Å². The molecule has 1 aromatic carbocycles. The first-order chi connectivity index (χ1) is 9.02. The number of ether oxygens (including phenoxy) is 1. The Balaban J connectivity index is 1.93. The molecule has 0 heterocycles. The summed E-state index contributed by atoms with van der Waals surface area (Å²) in [4.78, 5) is 22.4. The van der Waals surface area contributed by atoms with E-state index in [1.165, 1.54) is 7.11 Å². The highest BCUT2D eigenvalue weighted by atomic mass is 35.5. The summed E-state index contributed by atoms with van der Waals surface area (Å²) in [5.41, 5.74) is 0.799. The minimum Gasteiger partial charge on any atom is -0.496 e. The van der Waals surface area contributed by atoms with Gasteiger partial charge in [0.1, 0.15) is 5.75 Å². The van der Waals surface area contributed by atoms with Gasteiger partial charge in [-0.05, 0) is 18.6 Å². The van der Waals surface area contributed by atoms with Gasteiger partial charge in [0.25, 0.3) is 0 Å². The second kappa shape index (κ2) is 5.48. The number of halogens is 1. The van der Waals surface area contributed by atoms with Gasteiger partial charge >= 0.3 is 5.97 Å². The molecule has 1 aromatic rings. The van der Waals surface area contributed by atoms with Crippen LogP contribution in [0.5, 0.6) is 5.75 Å². The molecule has 102 valence electrons. The molecule has 1 saturated carbocycles. The van der Waals surface area contributed by atoms with Crippen LogP contribution in [0.1, 0.15) is 12.0 Å². The zero-order valence-corrected chi connectivity index (χ0v) is 11.1. The number of carbonyl (C=O) groups is 2. The smallest absolute Gasteiger partial charge is 0.307 e. The topological polar surface area (TPSA) is 75.6 Å². The summed E-state index contributed by atoms with van der Waals surface area (Å²) in [5.74, 6) is -1.49. The van der Waals surface area contributed by atoms with Gasteiger partial charge in [0.05, 0.1) is 18.9 Å². The lowest BCUT2D eigenvalue weighted by Crippen LogP contribution is -2.26. The highest BCUT2D eigenvalue weighted by Gasteiger charge is 2.48. The average molecular weight is 284 g/mol. The molecule has 0 spiro atoms. The Hall–Kier alpha value is -1.75. The van der Waals surface area contributed by atoms with Crippen LogP contribution in [0.4, 0.5) is 0 Å². The summed E-state index contributed by atoms with van der Waals surface area (Å²) in [6.45, 7) is 0.294. The molecule has 1 aliphatic carbocycles. The number of aliphatic carboxylic acids is 1. The van der Waals surface area contributed by atoms with Crippen LogP contribution in [0, 0.1) is 11.8 Å². The van der Waals surface area contributed by atoms with Crippen molar-refractivity contribution in [2.75, 3.05) is 7.11 Å². The minimum atomic E-state index is -0.913. The summed E-state index contributed by atoms with van der Waals surface area (Å²) in [7, 11) is 1.53. The van der Waals surface area contributed by atoms with Gasteiger partial charge in [-0.1, -0.05) is 17.7 Å². The van der Waals surface area contributed by atoms with Crippen molar-refractivity contribution < 1.29 is 19.4 Å². The van der Waals surface area contributed by atoms with Crippen molar-refractivity contribution in [1.82, 2.24) is 5.32 Å². The predicted octanol–water partition coefficient (Wildman–Crippen LogP) is 1.69. The van der Waals surface area contributed by atoms with Crippen LogP contribution in [0.25, 0.3) is 0 Å². The Morgan fingerprint density at radius 2 is 2.21 bits per heavy atom. The van der Waals surface area contributed by atoms with E-state index in [1.54, 1.807) is 18.2 Å². The molecule has 5 nitrogen and oxygen atoms in total. The number of hydrogen-bond donors (Lipinski definition) is 2. The highest BCUT2D eigenvalue weighted by molar-refractivity contribution is 6.30. The zero-order chi connectivity index (χ0) is 14.0. The standard InChI is InChI=1S/C13H14ClNO4/c1-19-11-4-8(14)3-2-7(11)6-15-12(16)9-5-10(9)13(17)18/h2-4,9-10H,5-6H2,1H3,(H,15,16)(H,17,18). The fourth-order valence-electron chi connectivity index (χ4n) is 1.94. The Bertz CT molecular complexity index is 517. The maximum atomic E-state index is 11.7. The van der Waals surface area contributed by atoms with Gasteiger partial charge < -0.3 is 15.2 Å². The van der Waals surface area contributed by atoms with Crippen LogP contribution in [0.3, 0.4) is 0 Å². The molecular formula is C13H14ClNO4. The van der Waals surface area contributed by atoms with Gasteiger partial charge in [-0.15, -0.1) is 0 Å². The van der Waals surface area contributed by atoms with Gasteiger partial charge in [0.15, 0.2) is 0 Å². The third kappa shape index (κ3) is 3.17. The third-order valence-electron chi connectivity index (χ3n) is 3.15. The molecule has 2 rings (SSSR count). The van der Waals surface area contributed by atoms with E-state index in [9.17, 15) is 9.59 Å². The number of carboxylic acid groups (broad SMARTS) is 1. The number of hydrogen-bond acceptors (Lipinski definition) is 3. The molecule has 1 amide bonds. The molecule has 1 aliphatic rings. The average Bonchev–Trinajstić information content (AvgIpc) is 3.17. The molecule has 6 heteroatoms. The first kappa shape index (κ1) is 13.7. The van der Waals surface area contributed by atoms with E-state index in [4.69, 9.17) is 21.4 Å². The number of rotatable bonds is 5. The van der Waals surface area contributed by atoms with Crippen molar-refractivity contribution in [3.63, 3.8) is 0 Å². The van der Waals surface area contributed by atoms with Gasteiger partial charge in [-0.3, -0.25) is 9.59 Å². The number of carbonyl (C=O) groups excluding carboxylic acids is 1. The Labute approximate surface area is 115 Å². The van der Waals surface area contributed by atoms with E-state index < -0.39 is 17.8 Å². The Morgan fingerprint density at radius 3 is 2.79 bits per heavy atom. The molecule has 2 N–H and O–H groups in total. The van der Waals surface area contributed by atoms with Crippen LogP contribution < -0.4 is 10.1 Å². The normalized spacial score (nSPS) is 20.7. The fourth-order valence-corrected chi connectivity index (χ4v) is 2.10. The molecule has 19 heavy (non-hydrogen) atoms. The first-order valence-electron chi connectivity index (χ1n) is 5.86. The predicted molar refractivity (Wildman–Crippen MR) is 69.1 cm³/mol. The van der Waals surface area contributed by atoms with Crippen molar-refractivity contribution in [1.29, 1.82) is 0 Å². The van der Waals surface area contributed by atoms with Crippen LogP contribution >= 0.6 is 11.6 Å². The van der Waals surface area contributed by atoms with Crippen LogP contribution in [0.2, 0.25) is 5.02 Å². The molecule has 1 fully saturated rings. The van der Waals surface area contributed by atoms with Crippen molar-refractivity contribution in [2.45, 2.75) is 13.0 Å². The van der Waals surface area contributed by atoms with Crippen molar-refractivity contribution in [3.8, 4) is 5.75 Å². The molecule has 2 unspecified atom stereocenters. The number of benzene rings is 1. The molecule has 2 atom stereocenters. The second-order valence-corrected chi connectivity index (χ2v) is 4.90. The monoisotopic (exact) mass is 283 g/mol. The first-order valence-corrected chi connectivity index (χ1v) is 6.23. The summed E-state index contributed by atoms with van der Waals surface area (Å²) in [6, 6.07) is 5.14. The molecule has 0 aromatic heterocycles. The fraction of sp³-hybridized carbons (Fsp3) is 0.385. The summed E-state index contributed by atoms with van der Waals surface area (Å²) >= 11 is 5.84. The molecular weight excluding hydrogens is 270 g/mol. The molecule has 0 bridgehead atoms. The lowest BCUT2D eigenvalue weighted by atomic mass is 10.2. The largest absolute Gasteiger partial charge is 0.496 e. The van der Waals surface area contributed by atoms with Crippen molar-refractivity contribution in [2.24, 2.45) is 11.8 Å². The van der Waals surface area contributed by atoms with E-state index in [1.807, 2.05) is 0 Å². The summed E-state index contributed by atoms with van der Waals surface area (Å²) in [5, 5.41) is 12.0. The van der Waals surface area contributed by atoms with E-state index >= 15 is 0 Å². The number of nitrogens with one attached hydrogen (secondary N) is 1. The lowest BCUT2D eigenvalue weighted by molar-refractivity contribution is -0.140.